The molecule has 0 radical (unpaired) electrons. The summed E-state index contributed by atoms with van der Waals surface area (Å²) in [5.41, 5.74) is 0.0997. The molecular formula is C8H10BN3O2. The van der Waals surface area contributed by atoms with Crippen LogP contribution in [-0.2, 0) is 6.54 Å². The number of hydrogen-bond donors (Lipinski definition) is 2. The molecule has 0 amide bonds. The molecule has 0 atom stereocenters. The van der Waals surface area contributed by atoms with Crippen molar-refractivity contribution >= 4 is 12.6 Å². The second-order valence-corrected chi connectivity index (χ2v) is 3.74. The maximum absolute atomic E-state index is 8.85. The van der Waals surface area contributed by atoms with E-state index in [-0.39, 0.29) is 5.41 Å². The van der Waals surface area contributed by atoms with Gasteiger partial charge in [-0.05, 0) is 12.8 Å². The van der Waals surface area contributed by atoms with Crippen molar-refractivity contribution in [3.05, 3.63) is 12.4 Å². The summed E-state index contributed by atoms with van der Waals surface area (Å²) in [5.74, 6) is 0. The smallest absolute Gasteiger partial charge is 0.423 e. The minimum atomic E-state index is -1.49. The molecule has 1 heterocycles. The predicted octanol–water partition coefficient (Wildman–Crippen LogP) is -1.13. The molecule has 1 aliphatic rings. The molecule has 2 N–H and O–H groups in total. The van der Waals surface area contributed by atoms with Crippen LogP contribution in [0.5, 0.6) is 0 Å². The van der Waals surface area contributed by atoms with E-state index in [0.29, 0.717) is 12.0 Å². The number of rotatable bonds is 3. The predicted molar refractivity (Wildman–Crippen MR) is 49.3 cm³/mol. The van der Waals surface area contributed by atoms with Crippen molar-refractivity contribution in [1.29, 1.82) is 5.26 Å². The zero-order chi connectivity index (χ0) is 10.2. The molecule has 0 unspecified atom stereocenters. The van der Waals surface area contributed by atoms with Crippen LogP contribution < -0.4 is 5.46 Å². The first-order chi connectivity index (χ1) is 6.65. The zero-order valence-electron chi connectivity index (χ0n) is 7.59. The summed E-state index contributed by atoms with van der Waals surface area (Å²) in [6.07, 6.45) is 4.76. The first-order valence-electron chi connectivity index (χ1n) is 4.45. The van der Waals surface area contributed by atoms with Crippen LogP contribution in [-0.4, -0.2) is 26.9 Å². The summed E-state index contributed by atoms with van der Waals surface area (Å²) in [4.78, 5) is 0. The van der Waals surface area contributed by atoms with Crippen molar-refractivity contribution in [3.8, 4) is 6.07 Å². The highest BCUT2D eigenvalue weighted by Gasteiger charge is 2.43. The molecule has 0 aromatic carbocycles. The monoisotopic (exact) mass is 191 g/mol. The van der Waals surface area contributed by atoms with E-state index in [4.69, 9.17) is 15.3 Å². The van der Waals surface area contributed by atoms with Gasteiger partial charge in [0.25, 0.3) is 0 Å². The molecule has 1 aliphatic carbocycles. The van der Waals surface area contributed by atoms with E-state index in [0.717, 1.165) is 12.8 Å². The topological polar surface area (TPSA) is 82.1 Å². The van der Waals surface area contributed by atoms with Crippen LogP contribution in [0.1, 0.15) is 12.8 Å². The molecule has 0 bridgehead atoms. The van der Waals surface area contributed by atoms with Gasteiger partial charge in [0.05, 0.1) is 18.0 Å². The quantitative estimate of drug-likeness (QED) is 0.592. The van der Waals surface area contributed by atoms with Gasteiger partial charge in [-0.25, -0.2) is 0 Å². The Morgan fingerprint density at radius 2 is 2.36 bits per heavy atom. The third-order valence-corrected chi connectivity index (χ3v) is 2.51. The molecule has 72 valence electrons. The molecule has 5 nitrogen and oxygen atoms in total. The first kappa shape index (κ1) is 9.25. The van der Waals surface area contributed by atoms with Crippen LogP contribution in [0.4, 0.5) is 0 Å². The maximum Gasteiger partial charge on any atom is 0.491 e. The van der Waals surface area contributed by atoms with Crippen molar-refractivity contribution < 1.29 is 10.0 Å². The van der Waals surface area contributed by atoms with Crippen molar-refractivity contribution in [3.63, 3.8) is 0 Å². The Bertz CT molecular complexity index is 378. The lowest BCUT2D eigenvalue weighted by atomic mass is 9.83. The van der Waals surface area contributed by atoms with E-state index in [1.165, 1.54) is 6.20 Å². The minimum absolute atomic E-state index is 0.260. The average molecular weight is 191 g/mol. The van der Waals surface area contributed by atoms with Gasteiger partial charge in [0, 0.05) is 17.9 Å². The minimum Gasteiger partial charge on any atom is -0.423 e. The maximum atomic E-state index is 8.85. The van der Waals surface area contributed by atoms with Crippen molar-refractivity contribution in [2.45, 2.75) is 19.4 Å². The highest BCUT2D eigenvalue weighted by molar-refractivity contribution is 6.58. The highest BCUT2D eigenvalue weighted by atomic mass is 16.4. The van der Waals surface area contributed by atoms with Gasteiger partial charge in [0.1, 0.15) is 0 Å². The van der Waals surface area contributed by atoms with Crippen LogP contribution in [0.15, 0.2) is 12.4 Å². The van der Waals surface area contributed by atoms with Gasteiger partial charge in [-0.1, -0.05) is 0 Å². The van der Waals surface area contributed by atoms with Crippen LogP contribution in [0, 0.1) is 16.7 Å². The molecule has 0 aliphatic heterocycles. The van der Waals surface area contributed by atoms with Crippen LogP contribution >= 0.6 is 0 Å². The third-order valence-electron chi connectivity index (χ3n) is 2.51. The van der Waals surface area contributed by atoms with Gasteiger partial charge >= 0.3 is 7.12 Å². The standard InChI is InChI=1S/C8H10BN3O2/c10-5-8(1-2-8)6-12-4-7(3-11-12)9(13)14/h3-4,13-14H,1-2,6H2. The molecule has 6 heteroatoms. The number of aromatic nitrogens is 2. The van der Waals surface area contributed by atoms with E-state index >= 15 is 0 Å². The van der Waals surface area contributed by atoms with Gasteiger partial charge < -0.3 is 10.0 Å². The lowest BCUT2D eigenvalue weighted by molar-refractivity contribution is 0.425. The van der Waals surface area contributed by atoms with Crippen LogP contribution in [0.3, 0.4) is 0 Å². The molecule has 1 aromatic heterocycles. The van der Waals surface area contributed by atoms with Crippen LogP contribution in [0.2, 0.25) is 0 Å². The molecule has 1 aromatic rings. The second-order valence-electron chi connectivity index (χ2n) is 3.74. The Balaban J connectivity index is 2.08. The Morgan fingerprint density at radius 1 is 1.64 bits per heavy atom. The second kappa shape index (κ2) is 3.12. The first-order valence-corrected chi connectivity index (χ1v) is 4.45. The summed E-state index contributed by atoms with van der Waals surface area (Å²) in [6.45, 7) is 0.538. The van der Waals surface area contributed by atoms with E-state index in [2.05, 4.69) is 11.2 Å². The fourth-order valence-electron chi connectivity index (χ4n) is 1.37. The summed E-state index contributed by atoms with van der Waals surface area (Å²) in [6, 6.07) is 2.25. The Morgan fingerprint density at radius 3 is 2.79 bits per heavy atom. The van der Waals surface area contributed by atoms with Gasteiger partial charge in [-0.2, -0.15) is 10.4 Å². The average Bonchev–Trinajstić information content (AvgIpc) is 2.75. The van der Waals surface area contributed by atoms with E-state index in [1.807, 2.05) is 0 Å². The highest BCUT2D eigenvalue weighted by Crippen LogP contribution is 2.46. The summed E-state index contributed by atoms with van der Waals surface area (Å²) in [5, 5.41) is 30.5. The summed E-state index contributed by atoms with van der Waals surface area (Å²) in [7, 11) is -1.49. The van der Waals surface area contributed by atoms with Crippen molar-refractivity contribution in [2.24, 2.45) is 5.41 Å². The number of nitrogens with zero attached hydrogens (tertiary/aromatic N) is 3. The normalized spacial score (nSPS) is 17.5. The largest absolute Gasteiger partial charge is 0.491 e. The lowest BCUT2D eigenvalue weighted by Gasteiger charge is -2.04. The lowest BCUT2D eigenvalue weighted by Crippen LogP contribution is -2.28. The molecule has 0 spiro atoms. The SMILES string of the molecule is N#CC1(Cn2cc(B(O)O)cn2)CC1. The molecule has 0 saturated heterocycles. The third kappa shape index (κ3) is 1.64. The Kier molecular flexibility index (Phi) is 2.06. The van der Waals surface area contributed by atoms with E-state index < -0.39 is 7.12 Å². The van der Waals surface area contributed by atoms with Gasteiger partial charge in [-0.3, -0.25) is 4.68 Å². The van der Waals surface area contributed by atoms with E-state index in [1.54, 1.807) is 10.9 Å². The molecular weight excluding hydrogens is 181 g/mol. The molecule has 14 heavy (non-hydrogen) atoms. The fourth-order valence-corrected chi connectivity index (χ4v) is 1.37. The zero-order valence-corrected chi connectivity index (χ0v) is 7.59. The Labute approximate surface area is 81.7 Å². The fraction of sp³-hybridized carbons (Fsp3) is 0.500. The number of hydrogen-bond acceptors (Lipinski definition) is 4. The molecule has 1 saturated carbocycles. The molecule has 1 fully saturated rings. The van der Waals surface area contributed by atoms with Gasteiger partial charge in [0.2, 0.25) is 0 Å². The van der Waals surface area contributed by atoms with Crippen molar-refractivity contribution in [1.82, 2.24) is 9.78 Å². The molecule has 2 rings (SSSR count). The summed E-state index contributed by atoms with van der Waals surface area (Å²) >= 11 is 0. The van der Waals surface area contributed by atoms with Crippen LogP contribution in [0.25, 0.3) is 0 Å². The van der Waals surface area contributed by atoms with Crippen molar-refractivity contribution in [2.75, 3.05) is 0 Å². The summed E-state index contributed by atoms with van der Waals surface area (Å²) < 4.78 is 1.59. The Hall–Kier alpha value is -1.32. The number of nitriles is 1. The van der Waals surface area contributed by atoms with Gasteiger partial charge in [0.15, 0.2) is 0 Å². The van der Waals surface area contributed by atoms with Gasteiger partial charge in [-0.15, -0.1) is 0 Å². The van der Waals surface area contributed by atoms with E-state index in [9.17, 15) is 0 Å².